The van der Waals surface area contributed by atoms with Crippen molar-refractivity contribution in [3.63, 3.8) is 0 Å². The molecule has 0 saturated carbocycles. The molecule has 1 atom stereocenters. The number of amides is 1. The van der Waals surface area contributed by atoms with E-state index in [-0.39, 0.29) is 5.91 Å². The molecule has 0 radical (unpaired) electrons. The van der Waals surface area contributed by atoms with Crippen LogP contribution in [-0.2, 0) is 14.8 Å². The average molecular weight is 397 g/mol. The normalized spacial score (nSPS) is 12.3. The maximum absolute atomic E-state index is 12.3. The van der Waals surface area contributed by atoms with Crippen molar-refractivity contribution in [2.45, 2.75) is 20.0 Å². The number of hydrogen-bond donors (Lipinski definition) is 1. The number of benzene rings is 2. The van der Waals surface area contributed by atoms with Gasteiger partial charge in [-0.2, -0.15) is 0 Å². The number of carbonyl (C=O) groups is 1. The molecule has 0 aliphatic rings. The molecule has 0 heterocycles. The van der Waals surface area contributed by atoms with Crippen LogP contribution in [0, 0.1) is 6.92 Å². The molecule has 0 fully saturated rings. The van der Waals surface area contributed by atoms with Crippen molar-refractivity contribution in [2.24, 2.45) is 0 Å². The van der Waals surface area contributed by atoms with Gasteiger partial charge >= 0.3 is 0 Å². The maximum Gasteiger partial charge on any atom is 0.265 e. The number of sulfonamides is 1. The molecule has 2 aromatic rings. The molecule has 1 amide bonds. The van der Waals surface area contributed by atoms with Gasteiger partial charge < -0.3 is 10.1 Å². The van der Waals surface area contributed by atoms with Crippen LogP contribution >= 0.6 is 11.6 Å². The van der Waals surface area contributed by atoms with E-state index < -0.39 is 16.1 Å². The van der Waals surface area contributed by atoms with Gasteiger partial charge in [0.25, 0.3) is 5.91 Å². The number of halogens is 1. The summed E-state index contributed by atoms with van der Waals surface area (Å²) in [6, 6.07) is 11.7. The summed E-state index contributed by atoms with van der Waals surface area (Å²) >= 11 is 5.91. The van der Waals surface area contributed by atoms with Gasteiger partial charge in [-0.05, 0) is 61.9 Å². The highest BCUT2D eigenvalue weighted by molar-refractivity contribution is 7.92. The van der Waals surface area contributed by atoms with E-state index in [2.05, 4.69) is 5.32 Å². The number of ether oxygens (including phenoxy) is 1. The molecule has 0 aliphatic carbocycles. The molecule has 6 nitrogen and oxygen atoms in total. The number of hydrogen-bond acceptors (Lipinski definition) is 4. The molecular formula is C18H21ClN2O4S. The second kappa shape index (κ2) is 7.97. The molecule has 0 saturated heterocycles. The zero-order valence-electron chi connectivity index (χ0n) is 15.0. The largest absolute Gasteiger partial charge is 0.481 e. The van der Waals surface area contributed by atoms with Crippen LogP contribution in [0.4, 0.5) is 11.4 Å². The van der Waals surface area contributed by atoms with Crippen molar-refractivity contribution in [1.82, 2.24) is 0 Å². The lowest BCUT2D eigenvalue weighted by Gasteiger charge is -2.18. The fourth-order valence-corrected chi connectivity index (χ4v) is 2.92. The lowest BCUT2D eigenvalue weighted by atomic mass is 10.2. The fraction of sp³-hybridized carbons (Fsp3) is 0.278. The summed E-state index contributed by atoms with van der Waals surface area (Å²) in [6.45, 7) is 3.49. The molecule has 0 aliphatic heterocycles. The number of nitrogens with one attached hydrogen (secondary N) is 1. The van der Waals surface area contributed by atoms with Gasteiger partial charge in [-0.15, -0.1) is 0 Å². The average Bonchev–Trinajstić information content (AvgIpc) is 2.56. The molecule has 26 heavy (non-hydrogen) atoms. The summed E-state index contributed by atoms with van der Waals surface area (Å²) < 4.78 is 29.9. The van der Waals surface area contributed by atoms with Crippen LogP contribution in [0.2, 0.25) is 5.02 Å². The monoisotopic (exact) mass is 396 g/mol. The minimum atomic E-state index is -3.33. The van der Waals surface area contributed by atoms with Gasteiger partial charge in [-0.3, -0.25) is 9.10 Å². The standard InChI is InChI=1S/C18H21ClN2O4S/c1-12-11-14(19)5-10-17(12)20-18(22)13(2)25-16-8-6-15(7-9-16)21(3)26(4,23)24/h5-11,13H,1-4H3,(H,20,22). The molecule has 0 spiro atoms. The second-order valence-electron chi connectivity index (χ2n) is 5.93. The first kappa shape index (κ1) is 20.1. The summed E-state index contributed by atoms with van der Waals surface area (Å²) in [5, 5.41) is 3.40. The van der Waals surface area contributed by atoms with Crippen molar-refractivity contribution < 1.29 is 17.9 Å². The van der Waals surface area contributed by atoms with Crippen molar-refractivity contribution in [3.8, 4) is 5.75 Å². The van der Waals surface area contributed by atoms with Gasteiger partial charge in [-0.1, -0.05) is 11.6 Å². The number of carbonyl (C=O) groups excluding carboxylic acids is 1. The molecule has 2 aromatic carbocycles. The number of aryl methyl sites for hydroxylation is 1. The highest BCUT2D eigenvalue weighted by Gasteiger charge is 2.17. The lowest BCUT2D eigenvalue weighted by molar-refractivity contribution is -0.122. The van der Waals surface area contributed by atoms with Gasteiger partial charge in [0.2, 0.25) is 10.0 Å². The first-order valence-corrected chi connectivity index (χ1v) is 10.1. The van der Waals surface area contributed by atoms with Crippen molar-refractivity contribution in [2.75, 3.05) is 22.9 Å². The summed E-state index contributed by atoms with van der Waals surface area (Å²) in [5.41, 5.74) is 2.03. The summed E-state index contributed by atoms with van der Waals surface area (Å²) in [4.78, 5) is 12.3. The van der Waals surface area contributed by atoms with Crippen molar-refractivity contribution in [1.29, 1.82) is 0 Å². The molecule has 2 rings (SSSR count). The third-order valence-corrected chi connectivity index (χ3v) is 5.27. The van der Waals surface area contributed by atoms with Gasteiger partial charge in [0.05, 0.1) is 11.9 Å². The molecule has 8 heteroatoms. The first-order valence-electron chi connectivity index (χ1n) is 7.85. The molecule has 1 unspecified atom stereocenters. The fourth-order valence-electron chi connectivity index (χ4n) is 2.19. The van der Waals surface area contributed by atoms with E-state index in [1.165, 1.54) is 7.05 Å². The lowest BCUT2D eigenvalue weighted by Crippen LogP contribution is -2.30. The van der Waals surface area contributed by atoms with E-state index in [1.807, 2.05) is 6.92 Å². The smallest absolute Gasteiger partial charge is 0.265 e. The Labute approximate surface area is 158 Å². The summed E-state index contributed by atoms with van der Waals surface area (Å²) in [6.07, 6.45) is 0.395. The third-order valence-electron chi connectivity index (χ3n) is 3.83. The SMILES string of the molecule is Cc1cc(Cl)ccc1NC(=O)C(C)Oc1ccc(N(C)S(C)(=O)=O)cc1. The Balaban J connectivity index is 2.02. The zero-order chi connectivity index (χ0) is 19.5. The molecule has 0 bridgehead atoms. The van der Waals surface area contributed by atoms with Crippen molar-refractivity contribution in [3.05, 3.63) is 53.1 Å². The maximum atomic E-state index is 12.3. The minimum absolute atomic E-state index is 0.298. The van der Waals surface area contributed by atoms with E-state index in [0.29, 0.717) is 22.1 Å². The Morgan fingerprint density at radius 3 is 2.35 bits per heavy atom. The number of anilines is 2. The quantitative estimate of drug-likeness (QED) is 0.811. The van der Waals surface area contributed by atoms with Gasteiger partial charge in [0.15, 0.2) is 6.10 Å². The molecule has 0 aromatic heterocycles. The zero-order valence-corrected chi connectivity index (χ0v) is 16.6. The van der Waals surface area contributed by atoms with E-state index in [9.17, 15) is 13.2 Å². The highest BCUT2D eigenvalue weighted by Crippen LogP contribution is 2.22. The highest BCUT2D eigenvalue weighted by atomic mass is 35.5. The predicted molar refractivity (Wildman–Crippen MR) is 105 cm³/mol. The van der Waals surface area contributed by atoms with Gasteiger partial charge in [0, 0.05) is 17.8 Å². The Morgan fingerprint density at radius 1 is 1.19 bits per heavy atom. The van der Waals surface area contributed by atoms with Gasteiger partial charge in [0.1, 0.15) is 5.75 Å². The van der Waals surface area contributed by atoms with E-state index in [4.69, 9.17) is 16.3 Å². The van der Waals surface area contributed by atoms with Crippen LogP contribution < -0.4 is 14.4 Å². The topological polar surface area (TPSA) is 75.7 Å². The van der Waals surface area contributed by atoms with E-state index in [0.717, 1.165) is 16.1 Å². The Morgan fingerprint density at radius 2 is 1.81 bits per heavy atom. The van der Waals surface area contributed by atoms with Crippen LogP contribution in [-0.4, -0.2) is 33.7 Å². The Kier molecular flexibility index (Phi) is 6.15. The molecule has 140 valence electrons. The van der Waals surface area contributed by atoms with Crippen LogP contribution in [0.5, 0.6) is 5.75 Å². The Bertz CT molecular complexity index is 898. The predicted octanol–water partition coefficient (Wildman–Crippen LogP) is 3.45. The minimum Gasteiger partial charge on any atom is -0.481 e. The van der Waals surface area contributed by atoms with Crippen LogP contribution in [0.3, 0.4) is 0 Å². The third kappa shape index (κ3) is 5.12. The first-order chi connectivity index (χ1) is 12.1. The molecular weight excluding hydrogens is 376 g/mol. The van der Waals surface area contributed by atoms with Crippen molar-refractivity contribution >= 4 is 38.9 Å². The van der Waals surface area contributed by atoms with Crippen LogP contribution in [0.25, 0.3) is 0 Å². The summed E-state index contributed by atoms with van der Waals surface area (Å²) in [5.74, 6) is 0.166. The molecule has 1 N–H and O–H groups in total. The second-order valence-corrected chi connectivity index (χ2v) is 8.38. The van der Waals surface area contributed by atoms with E-state index >= 15 is 0 Å². The number of nitrogens with zero attached hydrogens (tertiary/aromatic N) is 1. The number of rotatable bonds is 6. The summed E-state index contributed by atoms with van der Waals surface area (Å²) in [7, 11) is -1.86. The van der Waals surface area contributed by atoms with E-state index in [1.54, 1.807) is 49.4 Å². The van der Waals surface area contributed by atoms with Gasteiger partial charge in [-0.25, -0.2) is 8.42 Å². The van der Waals surface area contributed by atoms with Crippen LogP contribution in [0.15, 0.2) is 42.5 Å². The van der Waals surface area contributed by atoms with Crippen LogP contribution in [0.1, 0.15) is 12.5 Å². The Hall–Kier alpha value is -2.25.